The minimum atomic E-state index is -3.62. The number of halogens is 2. The van der Waals surface area contributed by atoms with Crippen molar-refractivity contribution < 1.29 is 17.5 Å². The van der Waals surface area contributed by atoms with Crippen molar-refractivity contribution in [1.82, 2.24) is 13.7 Å². The van der Waals surface area contributed by atoms with E-state index in [1.54, 1.807) is 12.1 Å². The second-order valence-corrected chi connectivity index (χ2v) is 11.4. The third-order valence-corrected chi connectivity index (χ3v) is 6.95. The zero-order chi connectivity index (χ0) is 26.6. The highest BCUT2D eigenvalue weighted by Crippen LogP contribution is 2.34. The summed E-state index contributed by atoms with van der Waals surface area (Å²) >= 11 is 3.17. The molecular weight excluding hydrogens is 571 g/mol. The van der Waals surface area contributed by atoms with Gasteiger partial charge in [0.15, 0.2) is 11.6 Å². The van der Waals surface area contributed by atoms with Crippen LogP contribution in [0.25, 0.3) is 16.7 Å². The predicted octanol–water partition coefficient (Wildman–Crippen LogP) is 3.25. The number of hydrogen-bond donors (Lipinski definition) is 1. The summed E-state index contributed by atoms with van der Waals surface area (Å²) in [6, 6.07) is 10.8. The van der Waals surface area contributed by atoms with Gasteiger partial charge in [0.2, 0.25) is 10.0 Å². The molecule has 1 N–H and O–H groups in total. The number of hydrogen-bond acceptors (Lipinski definition) is 6. The number of anilines is 1. The zero-order valence-corrected chi connectivity index (χ0v) is 22.0. The number of aromatic nitrogens is 3. The van der Waals surface area contributed by atoms with Crippen LogP contribution in [0.2, 0.25) is 0 Å². The summed E-state index contributed by atoms with van der Waals surface area (Å²) in [6.07, 6.45) is 2.21. The smallest absolute Gasteiger partial charge is 0.337 e. The lowest BCUT2D eigenvalue weighted by atomic mass is 10.2. The normalized spacial score (nSPS) is 13.6. The Morgan fingerprint density at radius 1 is 1.05 bits per heavy atom. The number of sulfonamides is 1. The quantitative estimate of drug-likeness (QED) is 0.368. The van der Waals surface area contributed by atoms with Crippen LogP contribution in [-0.2, 0) is 17.1 Å². The molecule has 0 amide bonds. The number of nitrogens with one attached hydrogen (secondary N) is 1. The van der Waals surface area contributed by atoms with E-state index in [4.69, 9.17) is 4.74 Å². The van der Waals surface area contributed by atoms with E-state index in [0.29, 0.717) is 17.3 Å². The molecular formula is C24H20BrFN4O6S. The Labute approximate surface area is 217 Å². The number of benzene rings is 2. The van der Waals surface area contributed by atoms with Crippen LogP contribution in [0.15, 0.2) is 67.4 Å². The monoisotopic (exact) mass is 590 g/mol. The zero-order valence-electron chi connectivity index (χ0n) is 19.6. The fourth-order valence-corrected chi connectivity index (χ4v) is 4.99. The predicted molar refractivity (Wildman–Crippen MR) is 140 cm³/mol. The molecule has 0 atom stereocenters. The third kappa shape index (κ3) is 4.71. The highest BCUT2D eigenvalue weighted by atomic mass is 79.9. The van der Waals surface area contributed by atoms with E-state index in [9.17, 15) is 27.2 Å². The Balaban J connectivity index is 1.86. The van der Waals surface area contributed by atoms with Crippen molar-refractivity contribution in [2.75, 3.05) is 11.0 Å². The summed E-state index contributed by atoms with van der Waals surface area (Å²) in [4.78, 5) is 40.3. The average Bonchev–Trinajstić information content (AvgIpc) is 3.63. The largest absolute Gasteiger partial charge is 0.453 e. The van der Waals surface area contributed by atoms with Crippen molar-refractivity contribution in [1.29, 1.82) is 0 Å². The lowest BCUT2D eigenvalue weighted by molar-refractivity contribution is 0.443. The minimum absolute atomic E-state index is 0.0802. The SMILES string of the molecule is Cn1c(=O)cc(Oc2ccc(Br)cc2F)c2c(=O)n(C3CC3)c(=O)n(-c3cccc(NS(C)(=O)=O)c3)c21. The van der Waals surface area contributed by atoms with Gasteiger partial charge >= 0.3 is 5.69 Å². The Morgan fingerprint density at radius 2 is 1.78 bits per heavy atom. The maximum Gasteiger partial charge on any atom is 0.337 e. The summed E-state index contributed by atoms with van der Waals surface area (Å²) in [6.45, 7) is 0. The fraction of sp³-hybridized carbons (Fsp3) is 0.208. The molecule has 2 heterocycles. The lowest BCUT2D eigenvalue weighted by Crippen LogP contribution is -2.41. The summed E-state index contributed by atoms with van der Waals surface area (Å²) in [5, 5.41) is -0.0996. The van der Waals surface area contributed by atoms with Gasteiger partial charge in [0, 0.05) is 23.6 Å². The second kappa shape index (κ2) is 8.99. The number of rotatable bonds is 6. The first-order chi connectivity index (χ1) is 17.4. The molecule has 0 radical (unpaired) electrons. The van der Waals surface area contributed by atoms with E-state index in [-0.39, 0.29) is 39.9 Å². The van der Waals surface area contributed by atoms with Gasteiger partial charge in [-0.15, -0.1) is 0 Å². The topological polar surface area (TPSA) is 121 Å². The van der Waals surface area contributed by atoms with Crippen LogP contribution in [0, 0.1) is 5.82 Å². The molecule has 37 heavy (non-hydrogen) atoms. The van der Waals surface area contributed by atoms with E-state index in [1.165, 1.54) is 37.4 Å². The van der Waals surface area contributed by atoms with E-state index in [2.05, 4.69) is 20.7 Å². The van der Waals surface area contributed by atoms with E-state index in [1.807, 2.05) is 0 Å². The Morgan fingerprint density at radius 3 is 2.43 bits per heavy atom. The molecule has 0 spiro atoms. The molecule has 4 aromatic rings. The maximum absolute atomic E-state index is 14.6. The molecule has 0 saturated heterocycles. The Bertz CT molecular complexity index is 1880. The van der Waals surface area contributed by atoms with Crippen molar-refractivity contribution in [3.8, 4) is 17.2 Å². The molecule has 1 saturated carbocycles. The Hall–Kier alpha value is -3.71. The first kappa shape index (κ1) is 25.0. The average molecular weight is 591 g/mol. The van der Waals surface area contributed by atoms with Crippen LogP contribution >= 0.6 is 15.9 Å². The van der Waals surface area contributed by atoms with Crippen LogP contribution in [0.5, 0.6) is 11.5 Å². The molecule has 10 nitrogen and oxygen atoms in total. The van der Waals surface area contributed by atoms with Crippen LogP contribution < -0.4 is 26.3 Å². The lowest BCUT2D eigenvalue weighted by Gasteiger charge is -2.19. The van der Waals surface area contributed by atoms with Gasteiger partial charge in [0.05, 0.1) is 17.6 Å². The number of nitrogens with zero attached hydrogens (tertiary/aromatic N) is 3. The molecule has 1 fully saturated rings. The van der Waals surface area contributed by atoms with Crippen LogP contribution in [-0.4, -0.2) is 28.4 Å². The van der Waals surface area contributed by atoms with Crippen molar-refractivity contribution in [3.63, 3.8) is 0 Å². The van der Waals surface area contributed by atoms with Crippen molar-refractivity contribution >= 4 is 42.7 Å². The standard InChI is InChI=1S/C24H20BrFN4O6S/c1-28-20(31)12-19(36-18-9-6-13(25)10-17(18)26)21-22(28)29(24(33)30(23(21)32)15-7-8-15)16-5-3-4-14(11-16)27-37(2,34)35/h3-6,9-12,15,27H,7-8H2,1-2H3. The number of ether oxygens (including phenoxy) is 1. The molecule has 13 heteroatoms. The molecule has 192 valence electrons. The van der Waals surface area contributed by atoms with Gasteiger partial charge in [0.25, 0.3) is 11.1 Å². The van der Waals surface area contributed by atoms with Gasteiger partial charge in [-0.1, -0.05) is 22.0 Å². The van der Waals surface area contributed by atoms with Crippen LogP contribution in [0.3, 0.4) is 0 Å². The van der Waals surface area contributed by atoms with Crippen molar-refractivity contribution in [2.24, 2.45) is 7.05 Å². The van der Waals surface area contributed by atoms with Crippen molar-refractivity contribution in [2.45, 2.75) is 18.9 Å². The van der Waals surface area contributed by atoms with Gasteiger partial charge < -0.3 is 4.74 Å². The van der Waals surface area contributed by atoms with E-state index >= 15 is 0 Å². The summed E-state index contributed by atoms with van der Waals surface area (Å²) < 4.78 is 50.1. The molecule has 2 aromatic carbocycles. The van der Waals surface area contributed by atoms with Crippen LogP contribution in [0.1, 0.15) is 18.9 Å². The summed E-state index contributed by atoms with van der Waals surface area (Å²) in [5.74, 6) is -1.15. The van der Waals surface area contributed by atoms with Gasteiger partial charge in [-0.2, -0.15) is 0 Å². The molecule has 1 aliphatic rings. The van der Waals surface area contributed by atoms with Crippen LogP contribution in [0.4, 0.5) is 10.1 Å². The molecule has 2 aromatic heterocycles. The highest BCUT2D eigenvalue weighted by Gasteiger charge is 2.31. The number of pyridine rings is 1. The maximum atomic E-state index is 14.6. The summed E-state index contributed by atoms with van der Waals surface area (Å²) in [7, 11) is -2.22. The van der Waals surface area contributed by atoms with Crippen molar-refractivity contribution in [3.05, 3.63) is 90.0 Å². The van der Waals surface area contributed by atoms with E-state index < -0.39 is 32.6 Å². The number of aryl methyl sites for hydroxylation is 1. The molecule has 0 unspecified atom stereocenters. The molecule has 0 bridgehead atoms. The first-order valence-electron chi connectivity index (χ1n) is 11.1. The van der Waals surface area contributed by atoms with Gasteiger partial charge in [-0.05, 0) is 49.2 Å². The third-order valence-electron chi connectivity index (χ3n) is 5.85. The first-order valence-corrected chi connectivity index (χ1v) is 13.8. The minimum Gasteiger partial charge on any atom is -0.453 e. The Kier molecular flexibility index (Phi) is 6.07. The van der Waals surface area contributed by atoms with E-state index in [0.717, 1.165) is 26.0 Å². The van der Waals surface area contributed by atoms with Gasteiger partial charge in [-0.3, -0.25) is 23.4 Å². The van der Waals surface area contributed by atoms with Gasteiger partial charge in [-0.25, -0.2) is 22.2 Å². The molecule has 0 aliphatic heterocycles. The molecule has 1 aliphatic carbocycles. The second-order valence-electron chi connectivity index (χ2n) is 8.73. The number of fused-ring (bicyclic) bond motifs is 1. The highest BCUT2D eigenvalue weighted by molar-refractivity contribution is 9.10. The summed E-state index contributed by atoms with van der Waals surface area (Å²) in [5.41, 5.74) is -1.67. The van der Waals surface area contributed by atoms with Gasteiger partial charge in [0.1, 0.15) is 16.8 Å². The fourth-order valence-electron chi connectivity index (χ4n) is 4.10. The molecule has 5 rings (SSSR count).